The molecule has 1 N–H and O–H groups in total. The van der Waals surface area contributed by atoms with E-state index in [1.165, 1.54) is 0 Å². The van der Waals surface area contributed by atoms with Gasteiger partial charge in [-0.05, 0) is 37.3 Å². The Hall–Kier alpha value is -3.64. The third-order valence-electron chi connectivity index (χ3n) is 5.53. The van der Waals surface area contributed by atoms with Gasteiger partial charge in [-0.1, -0.05) is 42.0 Å². The summed E-state index contributed by atoms with van der Waals surface area (Å²) in [4.78, 5) is 30.1. The molecule has 3 heterocycles. The number of carbonyl (C=O) groups excluding carboxylic acids is 2. The van der Waals surface area contributed by atoms with Crippen LogP contribution in [0.25, 0.3) is 0 Å². The van der Waals surface area contributed by atoms with Crippen molar-refractivity contribution < 1.29 is 9.59 Å². The Labute approximate surface area is 190 Å². The lowest BCUT2D eigenvalue weighted by Gasteiger charge is -2.12. The molecule has 1 atom stereocenters. The Morgan fingerprint density at radius 1 is 1.03 bits per heavy atom. The van der Waals surface area contributed by atoms with E-state index in [2.05, 4.69) is 20.9 Å². The summed E-state index contributed by atoms with van der Waals surface area (Å²) in [6, 6.07) is 20.4. The Morgan fingerprint density at radius 3 is 2.62 bits per heavy atom. The molecule has 1 aliphatic heterocycles. The van der Waals surface area contributed by atoms with Gasteiger partial charge in [0.15, 0.2) is 5.78 Å². The molecule has 0 fully saturated rings. The van der Waals surface area contributed by atoms with Crippen molar-refractivity contribution in [2.75, 3.05) is 5.32 Å². The molecule has 4 aromatic rings. The molecule has 0 saturated heterocycles. The van der Waals surface area contributed by atoms with Crippen LogP contribution >= 0.6 is 11.8 Å². The first-order valence-electron chi connectivity index (χ1n) is 10.3. The molecule has 5 nitrogen and oxygen atoms in total. The summed E-state index contributed by atoms with van der Waals surface area (Å²) < 4.78 is 2.13. The van der Waals surface area contributed by atoms with Crippen molar-refractivity contribution >= 4 is 29.1 Å². The van der Waals surface area contributed by atoms with Gasteiger partial charge < -0.3 is 9.88 Å². The minimum absolute atomic E-state index is 0.0646. The number of carbonyl (C=O) groups is 2. The maximum absolute atomic E-state index is 13.0. The molecular weight excluding hydrogens is 418 g/mol. The standard InChI is InChI=1S/C26H21N3O2S/c1-17-5-2-6-18(13-17)24(30)19-7-3-9-21(14-19)28-25(31)22-10-12-29-23(22)16-32-26(29)20-8-4-11-27-15-20/h2-15,26H,16H2,1H3,(H,28,31). The number of benzene rings is 2. The number of rotatable bonds is 5. The lowest BCUT2D eigenvalue weighted by molar-refractivity contribution is 0.102. The molecule has 1 amide bonds. The number of aryl methyl sites for hydroxylation is 1. The van der Waals surface area contributed by atoms with Crippen molar-refractivity contribution in [3.05, 3.63) is 119 Å². The number of nitrogens with zero attached hydrogens (tertiary/aromatic N) is 2. The van der Waals surface area contributed by atoms with Gasteiger partial charge in [0.25, 0.3) is 5.91 Å². The third kappa shape index (κ3) is 3.85. The van der Waals surface area contributed by atoms with Crippen LogP contribution in [0, 0.1) is 6.92 Å². The molecule has 0 saturated carbocycles. The second kappa shape index (κ2) is 8.48. The first-order chi connectivity index (χ1) is 15.6. The van der Waals surface area contributed by atoms with E-state index in [9.17, 15) is 9.59 Å². The molecule has 0 bridgehead atoms. The predicted octanol–water partition coefficient (Wildman–Crippen LogP) is 5.47. The van der Waals surface area contributed by atoms with E-state index < -0.39 is 0 Å². The van der Waals surface area contributed by atoms with Gasteiger partial charge in [0.05, 0.1) is 5.56 Å². The number of thioether (sulfide) groups is 1. The minimum atomic E-state index is -0.175. The Balaban J connectivity index is 1.36. The highest BCUT2D eigenvalue weighted by Crippen LogP contribution is 2.41. The summed E-state index contributed by atoms with van der Waals surface area (Å²) in [7, 11) is 0. The Bertz CT molecular complexity index is 1310. The number of fused-ring (bicyclic) bond motifs is 1. The van der Waals surface area contributed by atoms with Crippen LogP contribution < -0.4 is 5.32 Å². The smallest absolute Gasteiger partial charge is 0.257 e. The SMILES string of the molecule is Cc1cccc(C(=O)c2cccc(NC(=O)c3ccn4c3CSC4c3cccnc3)c2)c1. The summed E-state index contributed by atoms with van der Waals surface area (Å²) in [5.74, 6) is 0.512. The second-order valence-electron chi connectivity index (χ2n) is 7.77. The highest BCUT2D eigenvalue weighted by atomic mass is 32.2. The van der Waals surface area contributed by atoms with E-state index in [0.29, 0.717) is 22.4 Å². The van der Waals surface area contributed by atoms with Gasteiger partial charge in [0.1, 0.15) is 5.37 Å². The fourth-order valence-corrected chi connectivity index (χ4v) is 5.28. The number of nitrogens with one attached hydrogen (secondary N) is 1. The lowest BCUT2D eigenvalue weighted by atomic mass is 10.0. The fourth-order valence-electron chi connectivity index (χ4n) is 3.97. The number of hydrogen-bond donors (Lipinski definition) is 1. The quantitative estimate of drug-likeness (QED) is 0.419. The van der Waals surface area contributed by atoms with Crippen LogP contribution in [0.4, 0.5) is 5.69 Å². The number of amides is 1. The lowest BCUT2D eigenvalue weighted by Crippen LogP contribution is -2.14. The van der Waals surface area contributed by atoms with Gasteiger partial charge in [-0.2, -0.15) is 0 Å². The van der Waals surface area contributed by atoms with Gasteiger partial charge in [0.2, 0.25) is 0 Å². The van der Waals surface area contributed by atoms with Crippen molar-refractivity contribution in [1.82, 2.24) is 9.55 Å². The first kappa shape index (κ1) is 20.3. The van der Waals surface area contributed by atoms with Crippen LogP contribution in [-0.2, 0) is 5.75 Å². The molecule has 32 heavy (non-hydrogen) atoms. The molecule has 1 aliphatic rings. The zero-order valence-corrected chi connectivity index (χ0v) is 18.3. The minimum Gasteiger partial charge on any atom is -0.333 e. The summed E-state index contributed by atoms with van der Waals surface area (Å²) in [5, 5.41) is 3.08. The average molecular weight is 440 g/mol. The van der Waals surface area contributed by atoms with E-state index in [1.54, 1.807) is 48.3 Å². The summed E-state index contributed by atoms with van der Waals surface area (Å²) >= 11 is 1.77. The van der Waals surface area contributed by atoms with Crippen LogP contribution in [0.2, 0.25) is 0 Å². The Kier molecular flexibility index (Phi) is 5.37. The van der Waals surface area contributed by atoms with Gasteiger partial charge in [0, 0.05) is 52.4 Å². The Morgan fingerprint density at radius 2 is 1.84 bits per heavy atom. The van der Waals surface area contributed by atoms with Crippen molar-refractivity contribution in [2.24, 2.45) is 0 Å². The zero-order chi connectivity index (χ0) is 22.1. The highest BCUT2D eigenvalue weighted by molar-refractivity contribution is 7.99. The van der Waals surface area contributed by atoms with E-state index in [4.69, 9.17) is 0 Å². The number of aromatic nitrogens is 2. The van der Waals surface area contributed by atoms with Gasteiger partial charge in [-0.25, -0.2) is 0 Å². The first-order valence-corrected chi connectivity index (χ1v) is 11.4. The van der Waals surface area contributed by atoms with Crippen LogP contribution in [0.15, 0.2) is 85.3 Å². The summed E-state index contributed by atoms with van der Waals surface area (Å²) in [6.07, 6.45) is 5.58. The maximum atomic E-state index is 13.0. The molecule has 0 radical (unpaired) electrons. The van der Waals surface area contributed by atoms with Crippen LogP contribution in [0.5, 0.6) is 0 Å². The molecule has 0 aliphatic carbocycles. The predicted molar refractivity (Wildman–Crippen MR) is 127 cm³/mol. The van der Waals surface area contributed by atoms with Gasteiger partial charge in [-0.15, -0.1) is 11.8 Å². The van der Waals surface area contributed by atoms with Crippen molar-refractivity contribution in [3.63, 3.8) is 0 Å². The topological polar surface area (TPSA) is 64.0 Å². The third-order valence-corrected chi connectivity index (χ3v) is 6.79. The number of hydrogen-bond acceptors (Lipinski definition) is 4. The molecule has 2 aromatic heterocycles. The molecule has 0 spiro atoms. The highest BCUT2D eigenvalue weighted by Gasteiger charge is 2.28. The van der Waals surface area contributed by atoms with E-state index >= 15 is 0 Å². The number of ketones is 1. The molecular formula is C26H21N3O2S. The molecule has 6 heteroatoms. The van der Waals surface area contributed by atoms with E-state index in [0.717, 1.165) is 22.6 Å². The summed E-state index contributed by atoms with van der Waals surface area (Å²) in [5.41, 5.74) is 5.57. The van der Waals surface area contributed by atoms with E-state index in [-0.39, 0.29) is 17.1 Å². The number of pyridine rings is 1. The van der Waals surface area contributed by atoms with Crippen molar-refractivity contribution in [1.29, 1.82) is 0 Å². The summed E-state index contributed by atoms with van der Waals surface area (Å²) in [6.45, 7) is 1.96. The fraction of sp³-hybridized carbons (Fsp3) is 0.115. The number of anilines is 1. The van der Waals surface area contributed by atoms with Crippen molar-refractivity contribution in [2.45, 2.75) is 18.1 Å². The van der Waals surface area contributed by atoms with E-state index in [1.807, 2.05) is 49.6 Å². The van der Waals surface area contributed by atoms with Crippen LogP contribution in [0.3, 0.4) is 0 Å². The van der Waals surface area contributed by atoms with Crippen LogP contribution in [-0.4, -0.2) is 21.2 Å². The molecule has 158 valence electrons. The molecule has 2 aromatic carbocycles. The largest absolute Gasteiger partial charge is 0.333 e. The van der Waals surface area contributed by atoms with Crippen LogP contribution in [0.1, 0.15) is 48.5 Å². The molecule has 5 rings (SSSR count). The second-order valence-corrected chi connectivity index (χ2v) is 8.84. The average Bonchev–Trinajstić information content (AvgIpc) is 3.42. The van der Waals surface area contributed by atoms with Crippen molar-refractivity contribution in [3.8, 4) is 0 Å². The normalized spacial score (nSPS) is 14.7. The monoisotopic (exact) mass is 439 g/mol. The van der Waals surface area contributed by atoms with Gasteiger partial charge >= 0.3 is 0 Å². The molecule has 1 unspecified atom stereocenters. The zero-order valence-electron chi connectivity index (χ0n) is 17.5. The maximum Gasteiger partial charge on any atom is 0.257 e. The van der Waals surface area contributed by atoms with Gasteiger partial charge in [-0.3, -0.25) is 14.6 Å².